The molecule has 0 aliphatic carbocycles. The molecule has 1 aromatic heterocycles. The fourth-order valence-corrected chi connectivity index (χ4v) is 2.04. The van der Waals surface area contributed by atoms with Gasteiger partial charge in [-0.1, -0.05) is 0 Å². The Hall–Kier alpha value is -1.44. The molecular weight excluding hydrogens is 174 g/mol. The van der Waals surface area contributed by atoms with Gasteiger partial charge in [-0.2, -0.15) is 0 Å². The van der Waals surface area contributed by atoms with E-state index in [-0.39, 0.29) is 0 Å². The van der Waals surface area contributed by atoms with Crippen LogP contribution in [0.25, 0.3) is 10.9 Å². The second-order valence-electron chi connectivity index (χ2n) is 3.71. The van der Waals surface area contributed by atoms with Crippen molar-refractivity contribution in [2.45, 2.75) is 13.8 Å². The molecule has 74 valence electrons. The van der Waals surface area contributed by atoms with Crippen molar-refractivity contribution >= 4 is 10.9 Å². The van der Waals surface area contributed by atoms with Crippen LogP contribution >= 0.6 is 0 Å². The Labute approximate surface area is 84.1 Å². The first-order valence-corrected chi connectivity index (χ1v) is 4.74. The molecule has 1 heterocycles. The smallest absolute Gasteiger partial charge is 0.122 e. The van der Waals surface area contributed by atoms with Gasteiger partial charge in [0, 0.05) is 24.2 Å². The summed E-state index contributed by atoms with van der Waals surface area (Å²) < 4.78 is 7.48. The third-order valence-electron chi connectivity index (χ3n) is 2.79. The standard InChI is InChI=1S/C12H15NO/c1-8-7-11(14-4)9(2)10-5-6-13(3)12(8)10/h5-7H,1-4H3. The van der Waals surface area contributed by atoms with Crippen LogP contribution in [-0.4, -0.2) is 11.7 Å². The zero-order chi connectivity index (χ0) is 10.3. The first-order valence-electron chi connectivity index (χ1n) is 4.74. The number of hydrogen-bond acceptors (Lipinski definition) is 1. The Morgan fingerprint density at radius 1 is 1.29 bits per heavy atom. The molecule has 2 nitrogen and oxygen atoms in total. The summed E-state index contributed by atoms with van der Waals surface area (Å²) >= 11 is 0. The molecule has 0 aliphatic rings. The molecule has 0 atom stereocenters. The molecule has 2 heteroatoms. The number of aromatic nitrogens is 1. The summed E-state index contributed by atoms with van der Waals surface area (Å²) in [5.41, 5.74) is 3.77. The van der Waals surface area contributed by atoms with Crippen molar-refractivity contribution in [3.05, 3.63) is 29.5 Å². The largest absolute Gasteiger partial charge is 0.496 e. The van der Waals surface area contributed by atoms with Gasteiger partial charge in [-0.15, -0.1) is 0 Å². The molecule has 0 bridgehead atoms. The van der Waals surface area contributed by atoms with Crippen LogP contribution in [0, 0.1) is 13.8 Å². The zero-order valence-corrected chi connectivity index (χ0v) is 9.09. The quantitative estimate of drug-likeness (QED) is 0.672. The summed E-state index contributed by atoms with van der Waals surface area (Å²) in [6.45, 7) is 4.21. The fourth-order valence-electron chi connectivity index (χ4n) is 2.04. The van der Waals surface area contributed by atoms with Crippen LogP contribution in [0.2, 0.25) is 0 Å². The number of methoxy groups -OCH3 is 1. The maximum Gasteiger partial charge on any atom is 0.122 e. The second-order valence-corrected chi connectivity index (χ2v) is 3.71. The highest BCUT2D eigenvalue weighted by molar-refractivity contribution is 5.88. The third kappa shape index (κ3) is 1.10. The summed E-state index contributed by atoms with van der Waals surface area (Å²) in [5.74, 6) is 0.973. The Bertz CT molecular complexity index is 483. The molecular formula is C12H15NO. The van der Waals surface area contributed by atoms with Crippen molar-refractivity contribution in [3.63, 3.8) is 0 Å². The molecule has 0 N–H and O–H groups in total. The van der Waals surface area contributed by atoms with E-state index >= 15 is 0 Å². The Kier molecular flexibility index (Phi) is 1.99. The topological polar surface area (TPSA) is 14.2 Å². The summed E-state index contributed by atoms with van der Waals surface area (Å²) in [7, 11) is 3.79. The van der Waals surface area contributed by atoms with Crippen LogP contribution in [-0.2, 0) is 7.05 Å². The van der Waals surface area contributed by atoms with Gasteiger partial charge in [-0.3, -0.25) is 0 Å². The zero-order valence-electron chi connectivity index (χ0n) is 9.09. The van der Waals surface area contributed by atoms with Crippen molar-refractivity contribution in [2.75, 3.05) is 7.11 Å². The number of hydrogen-bond donors (Lipinski definition) is 0. The lowest BCUT2D eigenvalue weighted by Crippen LogP contribution is -1.92. The van der Waals surface area contributed by atoms with E-state index < -0.39 is 0 Å². The number of rotatable bonds is 1. The van der Waals surface area contributed by atoms with Gasteiger partial charge < -0.3 is 9.30 Å². The predicted octanol–water partition coefficient (Wildman–Crippen LogP) is 2.80. The highest BCUT2D eigenvalue weighted by Crippen LogP contribution is 2.30. The number of aryl methyl sites for hydroxylation is 3. The molecule has 0 radical (unpaired) electrons. The maximum atomic E-state index is 5.33. The van der Waals surface area contributed by atoms with E-state index in [0.717, 1.165) is 5.75 Å². The number of ether oxygens (including phenoxy) is 1. The number of fused-ring (bicyclic) bond motifs is 1. The Morgan fingerprint density at radius 2 is 2.00 bits per heavy atom. The molecule has 0 amide bonds. The van der Waals surface area contributed by atoms with Gasteiger partial charge in [-0.05, 0) is 31.5 Å². The van der Waals surface area contributed by atoms with Crippen molar-refractivity contribution in [3.8, 4) is 5.75 Å². The Balaban J connectivity index is 2.89. The minimum absolute atomic E-state index is 0.973. The van der Waals surface area contributed by atoms with Gasteiger partial charge in [0.25, 0.3) is 0 Å². The van der Waals surface area contributed by atoms with Crippen LogP contribution in [0.5, 0.6) is 5.75 Å². The van der Waals surface area contributed by atoms with E-state index in [1.54, 1.807) is 7.11 Å². The highest BCUT2D eigenvalue weighted by Gasteiger charge is 2.09. The van der Waals surface area contributed by atoms with Crippen molar-refractivity contribution in [1.82, 2.24) is 4.57 Å². The average Bonchev–Trinajstić information content (AvgIpc) is 2.54. The second kappa shape index (κ2) is 3.05. The lowest BCUT2D eigenvalue weighted by Gasteiger charge is -2.09. The third-order valence-corrected chi connectivity index (χ3v) is 2.79. The summed E-state index contributed by atoms with van der Waals surface area (Å²) in [6.07, 6.45) is 2.09. The highest BCUT2D eigenvalue weighted by atomic mass is 16.5. The molecule has 0 saturated carbocycles. The Morgan fingerprint density at radius 3 is 2.64 bits per heavy atom. The summed E-state index contributed by atoms with van der Waals surface area (Å²) in [5, 5.41) is 1.28. The van der Waals surface area contributed by atoms with Gasteiger partial charge in [-0.25, -0.2) is 0 Å². The minimum atomic E-state index is 0.973. The van der Waals surface area contributed by atoms with E-state index in [1.807, 2.05) is 0 Å². The SMILES string of the molecule is COc1cc(C)c2c(ccn2C)c1C. The molecule has 0 unspecified atom stereocenters. The molecule has 0 spiro atoms. The average molecular weight is 189 g/mol. The van der Waals surface area contributed by atoms with E-state index in [9.17, 15) is 0 Å². The maximum absolute atomic E-state index is 5.33. The summed E-state index contributed by atoms with van der Waals surface area (Å²) in [4.78, 5) is 0. The van der Waals surface area contributed by atoms with E-state index in [2.05, 4.69) is 43.8 Å². The normalized spacial score (nSPS) is 10.9. The van der Waals surface area contributed by atoms with Crippen molar-refractivity contribution < 1.29 is 4.74 Å². The molecule has 14 heavy (non-hydrogen) atoms. The van der Waals surface area contributed by atoms with Crippen LogP contribution in [0.1, 0.15) is 11.1 Å². The first-order chi connectivity index (χ1) is 6.65. The molecule has 0 fully saturated rings. The minimum Gasteiger partial charge on any atom is -0.496 e. The van der Waals surface area contributed by atoms with Crippen LogP contribution < -0.4 is 4.74 Å². The number of benzene rings is 1. The van der Waals surface area contributed by atoms with E-state index in [1.165, 1.54) is 22.0 Å². The monoisotopic (exact) mass is 189 g/mol. The molecule has 2 rings (SSSR count). The van der Waals surface area contributed by atoms with Crippen LogP contribution in [0.15, 0.2) is 18.3 Å². The first kappa shape index (κ1) is 9.13. The van der Waals surface area contributed by atoms with E-state index in [4.69, 9.17) is 4.74 Å². The van der Waals surface area contributed by atoms with Crippen molar-refractivity contribution in [1.29, 1.82) is 0 Å². The van der Waals surface area contributed by atoms with Crippen LogP contribution in [0.3, 0.4) is 0 Å². The fraction of sp³-hybridized carbons (Fsp3) is 0.333. The van der Waals surface area contributed by atoms with Crippen molar-refractivity contribution in [2.24, 2.45) is 7.05 Å². The lowest BCUT2D eigenvalue weighted by molar-refractivity contribution is 0.412. The molecule has 1 aromatic carbocycles. The molecule has 0 saturated heterocycles. The van der Waals surface area contributed by atoms with Crippen LogP contribution in [0.4, 0.5) is 0 Å². The van der Waals surface area contributed by atoms with Gasteiger partial charge in [0.15, 0.2) is 0 Å². The molecule has 0 aliphatic heterocycles. The molecule has 2 aromatic rings. The predicted molar refractivity (Wildman–Crippen MR) is 58.9 cm³/mol. The lowest BCUT2D eigenvalue weighted by atomic mass is 10.1. The van der Waals surface area contributed by atoms with E-state index in [0.29, 0.717) is 0 Å². The van der Waals surface area contributed by atoms with Gasteiger partial charge >= 0.3 is 0 Å². The van der Waals surface area contributed by atoms with Gasteiger partial charge in [0.05, 0.1) is 12.6 Å². The van der Waals surface area contributed by atoms with Gasteiger partial charge in [0.1, 0.15) is 5.75 Å². The number of nitrogens with zero attached hydrogens (tertiary/aromatic N) is 1. The van der Waals surface area contributed by atoms with Gasteiger partial charge in [0.2, 0.25) is 0 Å². The summed E-state index contributed by atoms with van der Waals surface area (Å²) in [6, 6.07) is 4.23.